The van der Waals surface area contributed by atoms with Crippen LogP contribution in [0.15, 0.2) is 72.1 Å². The molecular weight excluding hydrogens is 493 g/mol. The summed E-state index contributed by atoms with van der Waals surface area (Å²) in [6, 6.07) is 17.7. The van der Waals surface area contributed by atoms with Gasteiger partial charge in [-0.05, 0) is 54.8 Å². The van der Waals surface area contributed by atoms with E-state index in [4.69, 9.17) is 16.3 Å². The van der Waals surface area contributed by atoms with E-state index in [1.165, 1.54) is 0 Å². The van der Waals surface area contributed by atoms with Crippen molar-refractivity contribution >= 4 is 41.0 Å². The first-order chi connectivity index (χ1) is 18.1. The van der Waals surface area contributed by atoms with E-state index < -0.39 is 5.82 Å². The van der Waals surface area contributed by atoms with Gasteiger partial charge in [0.05, 0.1) is 36.6 Å². The summed E-state index contributed by atoms with van der Waals surface area (Å²) in [5.74, 6) is -0.124. The van der Waals surface area contributed by atoms with Gasteiger partial charge in [-0.15, -0.1) is 0 Å². The van der Waals surface area contributed by atoms with Crippen molar-refractivity contribution in [2.75, 3.05) is 35.5 Å². The first kappa shape index (κ1) is 24.6. The van der Waals surface area contributed by atoms with Crippen molar-refractivity contribution < 1.29 is 9.13 Å². The van der Waals surface area contributed by atoms with Crippen LogP contribution in [0.1, 0.15) is 17.7 Å². The van der Waals surface area contributed by atoms with Crippen LogP contribution in [0.4, 0.5) is 27.5 Å². The van der Waals surface area contributed by atoms with Crippen LogP contribution in [0.2, 0.25) is 5.02 Å². The first-order valence-corrected chi connectivity index (χ1v) is 12.2. The number of anilines is 4. The zero-order valence-corrected chi connectivity index (χ0v) is 20.9. The number of halogens is 2. The van der Waals surface area contributed by atoms with Crippen LogP contribution in [0, 0.1) is 12.7 Å². The molecule has 0 amide bonds. The topological polar surface area (TPSA) is 87.6 Å². The summed E-state index contributed by atoms with van der Waals surface area (Å²) in [6.45, 7) is 3.68. The van der Waals surface area contributed by atoms with E-state index >= 15 is 0 Å². The van der Waals surface area contributed by atoms with E-state index in [1.54, 1.807) is 17.3 Å². The molecule has 8 nitrogen and oxygen atoms in total. The highest BCUT2D eigenvalue weighted by Gasteiger charge is 2.17. The number of rotatable bonds is 7. The van der Waals surface area contributed by atoms with Gasteiger partial charge in [-0.1, -0.05) is 35.9 Å². The molecule has 2 N–H and O–H groups in total. The molecule has 37 heavy (non-hydrogen) atoms. The minimum atomic E-state index is -0.501. The molecule has 3 heterocycles. The summed E-state index contributed by atoms with van der Waals surface area (Å²) in [6.07, 6.45) is 5.20. The Balaban J connectivity index is 1.19. The molecule has 2 aromatic carbocycles. The second-order valence-corrected chi connectivity index (χ2v) is 8.90. The number of benzene rings is 2. The third-order valence-electron chi connectivity index (χ3n) is 5.82. The van der Waals surface area contributed by atoms with Crippen molar-refractivity contribution in [1.29, 1.82) is 0 Å². The van der Waals surface area contributed by atoms with Crippen molar-refractivity contribution in [3.05, 3.63) is 89.1 Å². The second kappa shape index (κ2) is 11.3. The van der Waals surface area contributed by atoms with Crippen molar-refractivity contribution in [3.63, 3.8) is 0 Å². The Labute approximate surface area is 219 Å². The molecule has 10 heteroatoms. The number of nitrogens with zero attached hydrogens (tertiary/aromatic N) is 5. The molecule has 0 spiro atoms. The number of ether oxygens (including phenoxy) is 1. The Morgan fingerprint density at radius 2 is 1.89 bits per heavy atom. The average Bonchev–Trinajstić information content (AvgIpc) is 2.92. The number of aromatic nitrogens is 3. The second-order valence-electron chi connectivity index (χ2n) is 8.50. The lowest BCUT2D eigenvalue weighted by molar-refractivity contribution is 0.106. The van der Waals surface area contributed by atoms with Gasteiger partial charge in [0.15, 0.2) is 11.6 Å². The van der Waals surface area contributed by atoms with Crippen molar-refractivity contribution in [2.24, 2.45) is 5.10 Å². The Morgan fingerprint density at radius 1 is 1.05 bits per heavy atom. The van der Waals surface area contributed by atoms with Crippen LogP contribution >= 0.6 is 11.6 Å². The number of aryl methyl sites for hydroxylation is 1. The number of hydrazone groups is 1. The van der Waals surface area contributed by atoms with Gasteiger partial charge in [-0.3, -0.25) is 4.98 Å². The van der Waals surface area contributed by atoms with Gasteiger partial charge >= 0.3 is 0 Å². The summed E-state index contributed by atoms with van der Waals surface area (Å²) in [5, 5.41) is 8.20. The third kappa shape index (κ3) is 6.02. The number of hydrogen-bond donors (Lipinski definition) is 2. The Hall–Kier alpha value is -4.08. The smallest absolute Gasteiger partial charge is 0.245 e. The molecule has 1 fully saturated rings. The molecule has 0 atom stereocenters. The number of pyridine rings is 1. The lowest BCUT2D eigenvalue weighted by atomic mass is 10.0. The fourth-order valence-electron chi connectivity index (χ4n) is 3.99. The SMILES string of the molecule is Cc1cccc(Cl)c1-c1ccc(Nc2ccc(/C=N/Nc3ncc(F)c(N4CCCOC4)n3)nc2)cc1. The third-order valence-corrected chi connectivity index (χ3v) is 6.14. The highest BCUT2D eigenvalue weighted by Crippen LogP contribution is 2.32. The normalized spacial score (nSPS) is 13.6. The molecule has 2 aromatic heterocycles. The van der Waals surface area contributed by atoms with E-state index in [9.17, 15) is 4.39 Å². The van der Waals surface area contributed by atoms with Crippen LogP contribution in [-0.2, 0) is 4.74 Å². The number of hydrogen-bond acceptors (Lipinski definition) is 8. The van der Waals surface area contributed by atoms with Gasteiger partial charge in [0.25, 0.3) is 0 Å². The molecule has 0 bridgehead atoms. The monoisotopic (exact) mass is 517 g/mol. The summed E-state index contributed by atoms with van der Waals surface area (Å²) in [4.78, 5) is 14.3. The quantitative estimate of drug-likeness (QED) is 0.229. The highest BCUT2D eigenvalue weighted by molar-refractivity contribution is 6.33. The summed E-state index contributed by atoms with van der Waals surface area (Å²) in [5.41, 5.74) is 8.36. The van der Waals surface area contributed by atoms with Crippen LogP contribution in [-0.4, -0.2) is 41.0 Å². The Morgan fingerprint density at radius 3 is 2.62 bits per heavy atom. The maximum absolute atomic E-state index is 14.2. The molecule has 188 valence electrons. The highest BCUT2D eigenvalue weighted by atomic mass is 35.5. The van der Waals surface area contributed by atoms with Gasteiger partial charge in [0, 0.05) is 22.8 Å². The van der Waals surface area contributed by atoms with Crippen molar-refractivity contribution in [3.8, 4) is 11.1 Å². The minimum Gasteiger partial charge on any atom is -0.361 e. The van der Waals surface area contributed by atoms with Gasteiger partial charge in [0.2, 0.25) is 5.95 Å². The van der Waals surface area contributed by atoms with E-state index in [-0.39, 0.29) is 11.8 Å². The van der Waals surface area contributed by atoms with Gasteiger partial charge in [-0.25, -0.2) is 14.8 Å². The molecule has 0 unspecified atom stereocenters. The molecule has 1 aliphatic rings. The molecule has 0 saturated carbocycles. The van der Waals surface area contributed by atoms with E-state index in [0.717, 1.165) is 45.7 Å². The fraction of sp³-hybridized carbons (Fsp3) is 0.185. The zero-order chi connectivity index (χ0) is 25.6. The summed E-state index contributed by atoms with van der Waals surface area (Å²) in [7, 11) is 0. The van der Waals surface area contributed by atoms with Crippen LogP contribution in [0.3, 0.4) is 0 Å². The standard InChI is InChI=1S/C27H25ClFN7O/c1-18-4-2-5-23(28)25(18)19-6-8-20(9-7-19)33-22-11-10-21(30-14-22)15-32-35-27-31-16-24(29)26(34-27)36-12-3-13-37-17-36/h2,4-11,14-16,33H,3,12-13,17H2,1H3,(H,31,34,35)/b32-15+. The fourth-order valence-corrected chi connectivity index (χ4v) is 4.32. The van der Waals surface area contributed by atoms with Crippen LogP contribution < -0.4 is 15.6 Å². The lowest BCUT2D eigenvalue weighted by Gasteiger charge is -2.27. The lowest BCUT2D eigenvalue weighted by Crippen LogP contribution is -2.34. The number of nitrogens with one attached hydrogen (secondary N) is 2. The molecule has 1 saturated heterocycles. The Kier molecular flexibility index (Phi) is 7.53. The molecule has 0 aliphatic carbocycles. The predicted molar refractivity (Wildman–Crippen MR) is 145 cm³/mol. The zero-order valence-electron chi connectivity index (χ0n) is 20.2. The first-order valence-electron chi connectivity index (χ1n) is 11.8. The molecule has 0 radical (unpaired) electrons. The molecular formula is C27H25ClFN7O. The van der Waals surface area contributed by atoms with Crippen molar-refractivity contribution in [1.82, 2.24) is 15.0 Å². The van der Waals surface area contributed by atoms with E-state index in [2.05, 4.69) is 43.8 Å². The average molecular weight is 518 g/mol. The maximum atomic E-state index is 14.2. The van der Waals surface area contributed by atoms with Gasteiger partial charge in [-0.2, -0.15) is 10.1 Å². The maximum Gasteiger partial charge on any atom is 0.245 e. The summed E-state index contributed by atoms with van der Waals surface area (Å²) >= 11 is 6.40. The molecule has 5 rings (SSSR count). The minimum absolute atomic E-state index is 0.187. The Bertz CT molecular complexity index is 1370. The van der Waals surface area contributed by atoms with Gasteiger partial charge in [0.1, 0.15) is 6.73 Å². The molecule has 4 aromatic rings. The van der Waals surface area contributed by atoms with E-state index in [0.29, 0.717) is 25.6 Å². The van der Waals surface area contributed by atoms with Crippen LogP contribution in [0.25, 0.3) is 11.1 Å². The summed E-state index contributed by atoms with van der Waals surface area (Å²) < 4.78 is 19.5. The largest absolute Gasteiger partial charge is 0.361 e. The molecule has 1 aliphatic heterocycles. The van der Waals surface area contributed by atoms with E-state index in [1.807, 2.05) is 48.5 Å². The predicted octanol–water partition coefficient (Wildman–Crippen LogP) is 6.01. The van der Waals surface area contributed by atoms with Crippen molar-refractivity contribution in [2.45, 2.75) is 13.3 Å². The van der Waals surface area contributed by atoms with Crippen LogP contribution in [0.5, 0.6) is 0 Å². The van der Waals surface area contributed by atoms with Gasteiger partial charge < -0.3 is 15.0 Å².